The van der Waals surface area contributed by atoms with Crippen LogP contribution in [0.1, 0.15) is 0 Å². The van der Waals surface area contributed by atoms with Crippen LogP contribution in [0, 0.1) is 0 Å². The summed E-state index contributed by atoms with van der Waals surface area (Å²) >= 11 is 1.38. The molecule has 1 N–H and O–H groups in total. The SMILES string of the molecule is COc1ccccc1NC(=O)CSc1nccn2nc(-c3cccc4ccccc34)cc12. The molecule has 1 amide bonds. The number of nitrogens with zero attached hydrogens (tertiary/aromatic N) is 3. The van der Waals surface area contributed by atoms with Crippen LogP contribution in [-0.4, -0.2) is 33.4 Å². The molecule has 6 nitrogen and oxygen atoms in total. The molecule has 0 atom stereocenters. The van der Waals surface area contributed by atoms with Crippen LogP contribution in [0.3, 0.4) is 0 Å². The normalized spacial score (nSPS) is 11.0. The molecule has 7 heteroatoms. The highest BCUT2D eigenvalue weighted by Gasteiger charge is 2.14. The van der Waals surface area contributed by atoms with Crippen LogP contribution in [0.2, 0.25) is 0 Å². The summed E-state index contributed by atoms with van der Waals surface area (Å²) < 4.78 is 7.11. The van der Waals surface area contributed by atoms with Crippen molar-refractivity contribution in [1.82, 2.24) is 14.6 Å². The minimum Gasteiger partial charge on any atom is -0.495 e. The Labute approximate surface area is 189 Å². The summed E-state index contributed by atoms with van der Waals surface area (Å²) in [6, 6.07) is 23.8. The Morgan fingerprint density at radius 2 is 1.88 bits per heavy atom. The van der Waals surface area contributed by atoms with Crippen LogP contribution in [0.4, 0.5) is 5.69 Å². The summed E-state index contributed by atoms with van der Waals surface area (Å²) in [7, 11) is 1.58. The Hall–Kier alpha value is -3.84. The topological polar surface area (TPSA) is 68.5 Å². The third-order valence-corrected chi connectivity index (χ3v) is 6.14. The number of amides is 1. The van der Waals surface area contributed by atoms with E-state index < -0.39 is 0 Å². The van der Waals surface area contributed by atoms with Gasteiger partial charge in [-0.15, -0.1) is 0 Å². The second-order valence-electron chi connectivity index (χ2n) is 7.16. The number of thioether (sulfide) groups is 1. The van der Waals surface area contributed by atoms with Gasteiger partial charge in [0.05, 0.1) is 29.8 Å². The lowest BCUT2D eigenvalue weighted by atomic mass is 10.0. The van der Waals surface area contributed by atoms with E-state index in [4.69, 9.17) is 9.84 Å². The molecular weight excluding hydrogens is 420 g/mol. The lowest BCUT2D eigenvalue weighted by Crippen LogP contribution is -2.14. The van der Waals surface area contributed by atoms with Crippen LogP contribution in [0.25, 0.3) is 27.5 Å². The summed E-state index contributed by atoms with van der Waals surface area (Å²) in [5.41, 5.74) is 3.45. The molecule has 0 radical (unpaired) electrons. The third-order valence-electron chi connectivity index (χ3n) is 5.14. The van der Waals surface area contributed by atoms with Gasteiger partial charge in [-0.3, -0.25) is 4.79 Å². The number of rotatable bonds is 6. The van der Waals surface area contributed by atoms with Crippen LogP contribution < -0.4 is 10.1 Å². The average molecular weight is 441 g/mol. The molecule has 3 aromatic carbocycles. The van der Waals surface area contributed by atoms with E-state index in [1.807, 2.05) is 59.2 Å². The molecule has 0 fully saturated rings. The smallest absolute Gasteiger partial charge is 0.234 e. The van der Waals surface area contributed by atoms with E-state index in [1.54, 1.807) is 13.3 Å². The van der Waals surface area contributed by atoms with Crippen molar-refractivity contribution in [2.45, 2.75) is 5.03 Å². The molecule has 5 rings (SSSR count). The zero-order chi connectivity index (χ0) is 21.9. The van der Waals surface area contributed by atoms with Crippen molar-refractivity contribution in [3.8, 4) is 17.0 Å². The molecular formula is C25H20N4O2S. The van der Waals surface area contributed by atoms with Gasteiger partial charge in [-0.05, 0) is 29.0 Å². The number of benzene rings is 3. The van der Waals surface area contributed by atoms with Gasteiger partial charge >= 0.3 is 0 Å². The van der Waals surface area contributed by atoms with Crippen LogP contribution in [-0.2, 0) is 4.79 Å². The van der Waals surface area contributed by atoms with E-state index in [2.05, 4.69) is 34.6 Å². The number of hydrogen-bond donors (Lipinski definition) is 1. The van der Waals surface area contributed by atoms with Crippen molar-refractivity contribution < 1.29 is 9.53 Å². The number of carbonyl (C=O) groups is 1. The maximum absolute atomic E-state index is 12.5. The summed E-state index contributed by atoms with van der Waals surface area (Å²) in [6.45, 7) is 0. The zero-order valence-electron chi connectivity index (χ0n) is 17.4. The van der Waals surface area contributed by atoms with E-state index in [0.717, 1.165) is 27.2 Å². The molecule has 0 unspecified atom stereocenters. The van der Waals surface area contributed by atoms with Crippen molar-refractivity contribution in [3.05, 3.63) is 85.2 Å². The summed E-state index contributed by atoms with van der Waals surface area (Å²) in [4.78, 5) is 17.0. The lowest BCUT2D eigenvalue weighted by Gasteiger charge is -2.09. The summed E-state index contributed by atoms with van der Waals surface area (Å²) in [5.74, 6) is 0.721. The molecule has 0 aliphatic heterocycles. The Balaban J connectivity index is 1.40. The van der Waals surface area contributed by atoms with Gasteiger partial charge < -0.3 is 10.1 Å². The molecule has 2 aromatic heterocycles. The molecule has 2 heterocycles. The first-order valence-electron chi connectivity index (χ1n) is 10.1. The number of fused-ring (bicyclic) bond motifs is 2. The van der Waals surface area contributed by atoms with Crippen LogP contribution in [0.5, 0.6) is 5.75 Å². The Bertz CT molecular complexity index is 1420. The van der Waals surface area contributed by atoms with Crippen molar-refractivity contribution in [3.63, 3.8) is 0 Å². The minimum atomic E-state index is -0.128. The number of aromatic nitrogens is 3. The zero-order valence-corrected chi connectivity index (χ0v) is 18.2. The van der Waals surface area contributed by atoms with Crippen LogP contribution >= 0.6 is 11.8 Å². The van der Waals surface area contributed by atoms with Crippen molar-refractivity contribution >= 4 is 39.6 Å². The number of ether oxygens (including phenoxy) is 1. The molecule has 0 saturated carbocycles. The van der Waals surface area contributed by atoms with E-state index >= 15 is 0 Å². The van der Waals surface area contributed by atoms with Crippen molar-refractivity contribution in [2.75, 3.05) is 18.2 Å². The van der Waals surface area contributed by atoms with Gasteiger partial charge in [-0.2, -0.15) is 5.10 Å². The molecule has 0 bridgehead atoms. The first-order chi connectivity index (χ1) is 15.7. The molecule has 5 aromatic rings. The molecule has 0 aliphatic carbocycles. The van der Waals surface area contributed by atoms with Gasteiger partial charge in [0, 0.05) is 18.0 Å². The quantitative estimate of drug-likeness (QED) is 0.364. The molecule has 158 valence electrons. The number of anilines is 1. The standard InChI is InChI=1S/C25H20N4O2S/c1-31-23-12-5-4-11-20(23)27-24(30)16-32-25-22-15-21(28-29(22)14-13-26-25)19-10-6-8-17-7-2-3-9-18(17)19/h2-15H,16H2,1H3,(H,27,30). The van der Waals surface area contributed by atoms with E-state index in [9.17, 15) is 4.79 Å². The molecule has 0 saturated heterocycles. The lowest BCUT2D eigenvalue weighted by molar-refractivity contribution is -0.113. The number of para-hydroxylation sites is 2. The number of methoxy groups -OCH3 is 1. The van der Waals surface area contributed by atoms with Gasteiger partial charge in [-0.1, -0.05) is 66.4 Å². The first-order valence-corrected chi connectivity index (χ1v) is 11.1. The van der Waals surface area contributed by atoms with Gasteiger partial charge in [-0.25, -0.2) is 9.50 Å². The third kappa shape index (κ3) is 3.90. The average Bonchev–Trinajstić information content (AvgIpc) is 3.27. The predicted octanol–water partition coefficient (Wildman–Crippen LogP) is 5.29. The minimum absolute atomic E-state index is 0.128. The van der Waals surface area contributed by atoms with E-state index in [0.29, 0.717) is 11.4 Å². The predicted molar refractivity (Wildman–Crippen MR) is 128 cm³/mol. The van der Waals surface area contributed by atoms with E-state index in [1.165, 1.54) is 17.1 Å². The highest BCUT2D eigenvalue weighted by Crippen LogP contribution is 2.31. The van der Waals surface area contributed by atoms with Gasteiger partial charge in [0.2, 0.25) is 5.91 Å². The number of carbonyl (C=O) groups excluding carboxylic acids is 1. The van der Waals surface area contributed by atoms with Crippen molar-refractivity contribution in [2.24, 2.45) is 0 Å². The maximum atomic E-state index is 12.5. The first kappa shape index (κ1) is 20.1. The Morgan fingerprint density at radius 3 is 2.78 bits per heavy atom. The Morgan fingerprint density at radius 1 is 1.06 bits per heavy atom. The summed E-state index contributed by atoms with van der Waals surface area (Å²) in [5, 5.41) is 10.7. The van der Waals surface area contributed by atoms with E-state index in [-0.39, 0.29) is 11.7 Å². The highest BCUT2D eigenvalue weighted by atomic mass is 32.2. The van der Waals surface area contributed by atoms with Crippen molar-refractivity contribution in [1.29, 1.82) is 0 Å². The molecule has 32 heavy (non-hydrogen) atoms. The fourth-order valence-corrected chi connectivity index (χ4v) is 4.43. The molecule has 0 spiro atoms. The summed E-state index contributed by atoms with van der Waals surface area (Å²) in [6.07, 6.45) is 3.52. The van der Waals surface area contributed by atoms with Gasteiger partial charge in [0.1, 0.15) is 10.8 Å². The van der Waals surface area contributed by atoms with Gasteiger partial charge in [0.25, 0.3) is 0 Å². The fraction of sp³-hybridized carbons (Fsp3) is 0.0800. The van der Waals surface area contributed by atoms with Gasteiger partial charge in [0.15, 0.2) is 0 Å². The Kier molecular flexibility index (Phi) is 5.47. The maximum Gasteiger partial charge on any atom is 0.234 e. The fourth-order valence-electron chi connectivity index (χ4n) is 3.66. The highest BCUT2D eigenvalue weighted by molar-refractivity contribution is 8.00. The second kappa shape index (κ2) is 8.72. The monoisotopic (exact) mass is 440 g/mol. The molecule has 0 aliphatic rings. The second-order valence-corrected chi connectivity index (χ2v) is 8.12. The van der Waals surface area contributed by atoms with Crippen LogP contribution in [0.15, 0.2) is 90.2 Å². The number of hydrogen-bond acceptors (Lipinski definition) is 5. The number of nitrogens with one attached hydrogen (secondary N) is 1. The largest absolute Gasteiger partial charge is 0.495 e.